The van der Waals surface area contributed by atoms with Gasteiger partial charge in [-0.05, 0) is 73.4 Å². The maximum Gasteiger partial charge on any atom is 0.251 e. The Labute approximate surface area is 281 Å². The minimum Gasteiger partial charge on any atom is -0.494 e. The van der Waals surface area contributed by atoms with Crippen LogP contribution in [0.25, 0.3) is 10.8 Å². The summed E-state index contributed by atoms with van der Waals surface area (Å²) < 4.78 is 4.78. The van der Waals surface area contributed by atoms with Gasteiger partial charge in [0.1, 0.15) is 11.8 Å². The predicted octanol–water partition coefficient (Wildman–Crippen LogP) is 5.69. The molecule has 3 fully saturated rings. The van der Waals surface area contributed by atoms with Crippen LogP contribution in [0.3, 0.4) is 0 Å². The van der Waals surface area contributed by atoms with E-state index in [1.807, 2.05) is 73.7 Å². The van der Waals surface area contributed by atoms with Gasteiger partial charge >= 0.3 is 0 Å². The number of anilines is 2. The van der Waals surface area contributed by atoms with Gasteiger partial charge in [-0.3, -0.25) is 14.4 Å². The number of thioether (sulfide) groups is 1. The Morgan fingerprint density at radius 1 is 1.02 bits per heavy atom. The van der Waals surface area contributed by atoms with E-state index in [2.05, 4.69) is 20.1 Å². The van der Waals surface area contributed by atoms with Crippen LogP contribution in [0.2, 0.25) is 0 Å². The number of hydrogen-bond donors (Lipinski definition) is 1. The van der Waals surface area contributed by atoms with Gasteiger partial charge in [0.05, 0.1) is 35.8 Å². The lowest BCUT2D eigenvalue weighted by Crippen LogP contribution is -2.59. The van der Waals surface area contributed by atoms with Crippen LogP contribution >= 0.6 is 11.8 Å². The number of aliphatic hydroxyl groups is 1. The molecule has 9 heteroatoms. The predicted molar refractivity (Wildman–Crippen MR) is 189 cm³/mol. The lowest BCUT2D eigenvalue weighted by atomic mass is 9.65. The number of amides is 3. The van der Waals surface area contributed by atoms with Gasteiger partial charge in [-0.15, -0.1) is 24.9 Å². The largest absolute Gasteiger partial charge is 0.494 e. The fourth-order valence-corrected chi connectivity index (χ4v) is 10.4. The second-order valence-electron chi connectivity index (χ2n) is 12.8. The molecule has 2 bridgehead atoms. The molecule has 0 aliphatic carbocycles. The van der Waals surface area contributed by atoms with Crippen LogP contribution in [0.15, 0.2) is 92.0 Å². The number of ether oxygens (including phenoxy) is 1. The Morgan fingerprint density at radius 2 is 1.66 bits per heavy atom. The highest BCUT2D eigenvalue weighted by Gasteiger charge is 2.76. The summed E-state index contributed by atoms with van der Waals surface area (Å²) in [6, 6.07) is 19.8. The normalized spacial score (nSPS) is 26.6. The average molecular weight is 654 g/mol. The maximum absolute atomic E-state index is 15.0. The molecule has 3 aromatic rings. The second kappa shape index (κ2) is 13.2. The van der Waals surface area contributed by atoms with Crippen LogP contribution in [0.5, 0.6) is 5.75 Å². The van der Waals surface area contributed by atoms with Crippen molar-refractivity contribution in [2.24, 2.45) is 17.8 Å². The molecule has 0 radical (unpaired) electrons. The average Bonchev–Trinajstić information content (AvgIpc) is 3.69. The Bertz CT molecular complexity index is 1690. The van der Waals surface area contributed by atoms with Gasteiger partial charge in [-0.25, -0.2) is 0 Å². The highest BCUT2D eigenvalue weighted by molar-refractivity contribution is 8.02. The number of aliphatic hydroxyl groups excluding tert-OH is 1. The number of carbonyl (C=O) groups excluding carboxylic acids is 3. The van der Waals surface area contributed by atoms with E-state index in [1.165, 1.54) is 0 Å². The van der Waals surface area contributed by atoms with Gasteiger partial charge in [0.15, 0.2) is 0 Å². The van der Waals surface area contributed by atoms with E-state index >= 15 is 4.79 Å². The molecule has 3 heterocycles. The zero-order valence-electron chi connectivity index (χ0n) is 27.2. The Balaban J connectivity index is 1.41. The van der Waals surface area contributed by atoms with Gasteiger partial charge in [0.2, 0.25) is 11.8 Å². The van der Waals surface area contributed by atoms with Crippen LogP contribution < -0.4 is 14.5 Å². The van der Waals surface area contributed by atoms with E-state index in [4.69, 9.17) is 4.74 Å². The summed E-state index contributed by atoms with van der Waals surface area (Å²) in [5, 5.41) is 12.3. The first-order valence-electron chi connectivity index (χ1n) is 16.4. The lowest BCUT2D eigenvalue weighted by molar-refractivity contribution is -0.141. The highest BCUT2D eigenvalue weighted by Crippen LogP contribution is 2.69. The standard InChI is InChI=1S/C38H43N3O5S/c1-6-19-39(28-15-17-30(18-16-28)46-8-3)35(43)32-31-21-24(4)38(47-31)33(32)36(44)41(25(5)23-42)34(38)37(45)40(20-7-2)29-14-13-26-11-9-10-12-27(26)22-29/h6-7,9-18,22,24-25,31-34,42H,1-2,8,19-21,23H2,3-5H3/t24?,25-,31+,32-,33+,34?,38?/m1/s1. The van der Waals surface area contributed by atoms with Crippen molar-refractivity contribution in [2.75, 3.05) is 36.1 Å². The van der Waals surface area contributed by atoms with Gasteiger partial charge in [0.25, 0.3) is 5.91 Å². The van der Waals surface area contributed by atoms with Crippen LogP contribution in [0.1, 0.15) is 27.2 Å². The zero-order valence-corrected chi connectivity index (χ0v) is 28.1. The van der Waals surface area contributed by atoms with Crippen molar-refractivity contribution < 1.29 is 24.2 Å². The summed E-state index contributed by atoms with van der Waals surface area (Å²) in [5.41, 5.74) is 1.41. The summed E-state index contributed by atoms with van der Waals surface area (Å²) in [7, 11) is 0. The third kappa shape index (κ3) is 5.33. The SMILES string of the molecule is C=CCN(C(=O)C1N([C@H](C)CO)C(=O)[C@@H]2[C@H](C(=O)N(CC=C)c3ccc(OCC)cc3)[C@@H]3CC(C)C12S3)c1ccc2ccccc2c1. The van der Waals surface area contributed by atoms with E-state index < -0.39 is 28.7 Å². The quantitative estimate of drug-likeness (QED) is 0.253. The molecule has 47 heavy (non-hydrogen) atoms. The smallest absolute Gasteiger partial charge is 0.251 e. The van der Waals surface area contributed by atoms with Gasteiger partial charge in [0, 0.05) is 29.7 Å². The first-order chi connectivity index (χ1) is 22.7. The van der Waals surface area contributed by atoms with Gasteiger partial charge < -0.3 is 24.5 Å². The third-order valence-corrected chi connectivity index (χ3v) is 12.2. The minimum absolute atomic E-state index is 0.0131. The third-order valence-electron chi connectivity index (χ3n) is 10.1. The lowest BCUT2D eigenvalue weighted by Gasteiger charge is -2.42. The number of likely N-dealkylation sites (tertiary alicyclic amines) is 1. The van der Waals surface area contributed by atoms with Crippen molar-refractivity contribution in [3.8, 4) is 5.75 Å². The molecule has 7 atom stereocenters. The molecule has 0 saturated carbocycles. The van der Waals surface area contributed by atoms with Crippen molar-refractivity contribution in [3.05, 3.63) is 92.0 Å². The molecule has 6 rings (SSSR count). The topological polar surface area (TPSA) is 90.4 Å². The van der Waals surface area contributed by atoms with Crippen LogP contribution in [-0.2, 0) is 14.4 Å². The molecule has 3 saturated heterocycles. The molecule has 3 unspecified atom stereocenters. The first-order valence-corrected chi connectivity index (χ1v) is 17.3. The fourth-order valence-electron chi connectivity index (χ4n) is 8.05. The van der Waals surface area contributed by atoms with Crippen molar-refractivity contribution in [3.63, 3.8) is 0 Å². The number of rotatable bonds is 12. The summed E-state index contributed by atoms with van der Waals surface area (Å²) in [4.78, 5) is 49.3. The van der Waals surface area contributed by atoms with Crippen molar-refractivity contribution in [1.29, 1.82) is 0 Å². The van der Waals surface area contributed by atoms with Gasteiger partial charge in [-0.1, -0.05) is 49.4 Å². The van der Waals surface area contributed by atoms with E-state index in [1.54, 1.807) is 45.5 Å². The van der Waals surface area contributed by atoms with E-state index in [-0.39, 0.29) is 48.6 Å². The summed E-state index contributed by atoms with van der Waals surface area (Å²) in [6.45, 7) is 14.4. The number of nitrogens with zero attached hydrogens (tertiary/aromatic N) is 3. The molecule has 3 aromatic carbocycles. The van der Waals surface area contributed by atoms with Crippen LogP contribution in [0, 0.1) is 17.8 Å². The maximum atomic E-state index is 15.0. The molecule has 3 aliphatic rings. The fraction of sp³-hybridized carbons (Fsp3) is 0.395. The first kappa shape index (κ1) is 32.8. The van der Waals surface area contributed by atoms with Crippen molar-refractivity contribution in [1.82, 2.24) is 4.90 Å². The second-order valence-corrected chi connectivity index (χ2v) is 14.3. The van der Waals surface area contributed by atoms with E-state index in [0.29, 0.717) is 30.2 Å². The molecule has 3 aliphatic heterocycles. The number of fused-ring (bicyclic) bond motifs is 2. The Hall–Kier alpha value is -4.08. The van der Waals surface area contributed by atoms with Crippen LogP contribution in [0.4, 0.5) is 11.4 Å². The van der Waals surface area contributed by atoms with E-state index in [9.17, 15) is 14.7 Å². The van der Waals surface area contributed by atoms with E-state index in [0.717, 1.165) is 10.8 Å². The summed E-state index contributed by atoms with van der Waals surface area (Å²) >= 11 is 1.63. The molecule has 0 aromatic heterocycles. The minimum atomic E-state index is -0.866. The number of benzene rings is 3. The molecular weight excluding hydrogens is 611 g/mol. The molecule has 8 nitrogen and oxygen atoms in total. The molecule has 1 N–H and O–H groups in total. The summed E-state index contributed by atoms with van der Waals surface area (Å²) in [6.07, 6.45) is 4.09. The van der Waals surface area contributed by atoms with Crippen molar-refractivity contribution in [2.45, 2.75) is 49.3 Å². The van der Waals surface area contributed by atoms with Gasteiger partial charge in [-0.2, -0.15) is 0 Å². The monoisotopic (exact) mass is 653 g/mol. The zero-order chi connectivity index (χ0) is 33.5. The summed E-state index contributed by atoms with van der Waals surface area (Å²) in [5.74, 6) is -1.27. The molecular formula is C38H43N3O5S. The number of carbonyl (C=O) groups is 3. The van der Waals surface area contributed by atoms with Crippen molar-refractivity contribution >= 4 is 51.6 Å². The Morgan fingerprint density at radius 3 is 2.30 bits per heavy atom. The molecule has 1 spiro atoms. The Kier molecular flexibility index (Phi) is 9.23. The van der Waals surface area contributed by atoms with Crippen LogP contribution in [-0.4, -0.2) is 76.1 Å². The highest BCUT2D eigenvalue weighted by atomic mass is 32.2. The number of hydrogen-bond acceptors (Lipinski definition) is 6. The molecule has 246 valence electrons. The molecule has 3 amide bonds.